The van der Waals surface area contributed by atoms with Gasteiger partial charge in [-0.25, -0.2) is 9.97 Å². The first-order chi connectivity index (χ1) is 43.2. The van der Waals surface area contributed by atoms with E-state index < -0.39 is 64.5 Å². The Labute approximate surface area is 528 Å². The van der Waals surface area contributed by atoms with Crippen LogP contribution in [0.2, 0.25) is 0 Å². The summed E-state index contributed by atoms with van der Waals surface area (Å²) in [5, 5.41) is 28.2. The van der Waals surface area contributed by atoms with Gasteiger partial charge in [-0.15, -0.1) is 0 Å². The third-order valence-corrected chi connectivity index (χ3v) is 13.3. The standard InChI is InChI=1S/C48H74N14O10.C13H27NO4/c1-30(6-2-17-57-47(52)53)59-45(68)34(27-32-10-14-36(64)15-11-32)29-39(66)40-42(50)62-41(43(51)61-40)46(69)60-37(7-3-18-58-48(54)55)38(65)28-33(26-31-8-12-35(63)13-9-31)44(67)56-19-5-21-71-23-25-72-24-22-70-20-4-16-49;1-13(15)5-2-3-7-16-9-11-18-12-10-17-8-4-6-14/h8-15,30,33-34,37,63-64H,2-7,16-29,49H2,1H3,(H2,50,62)(H2,51,61)(H,56,67)(H,59,68)(H,60,69)(H4,52,53,57)(H4,54,55,58);2-12,14H2,1H3/t30?,33?,34-,37+;/m1./s1. The third kappa shape index (κ3) is 37.4. The number of rotatable bonds is 50. The Balaban J connectivity index is 0.00000132. The number of phenols is 2. The van der Waals surface area contributed by atoms with E-state index in [0.717, 1.165) is 25.7 Å². The van der Waals surface area contributed by atoms with Gasteiger partial charge in [0.1, 0.15) is 17.3 Å². The highest BCUT2D eigenvalue weighted by Crippen LogP contribution is 2.23. The van der Waals surface area contributed by atoms with E-state index in [4.69, 9.17) is 74.3 Å². The number of aromatic nitrogens is 2. The summed E-state index contributed by atoms with van der Waals surface area (Å²) in [7, 11) is 0. The summed E-state index contributed by atoms with van der Waals surface area (Å²) in [5.74, 6) is -5.64. The number of aliphatic imine (C=N–C) groups is 2. The van der Waals surface area contributed by atoms with Gasteiger partial charge < -0.3 is 105 Å². The fraction of sp³-hybridized carbons (Fsp3) is 0.607. The molecule has 0 bridgehead atoms. The molecule has 21 N–H and O–H groups in total. The summed E-state index contributed by atoms with van der Waals surface area (Å²) >= 11 is 0. The molecule has 4 atom stereocenters. The molecule has 2 unspecified atom stereocenters. The van der Waals surface area contributed by atoms with E-state index in [0.29, 0.717) is 136 Å². The Morgan fingerprint density at radius 1 is 0.533 bits per heavy atom. The van der Waals surface area contributed by atoms with Crippen LogP contribution >= 0.6 is 0 Å². The molecule has 90 heavy (non-hydrogen) atoms. The van der Waals surface area contributed by atoms with Gasteiger partial charge in [-0.2, -0.15) is 0 Å². The number of ketones is 3. The molecule has 1 aromatic heterocycles. The fourth-order valence-electron chi connectivity index (χ4n) is 8.53. The molecule has 0 fully saturated rings. The Kier molecular flexibility index (Phi) is 42.1. The number of carbonyl (C=O) groups is 6. The van der Waals surface area contributed by atoms with Crippen molar-refractivity contribution in [2.75, 3.05) is 123 Å². The van der Waals surface area contributed by atoms with Gasteiger partial charge in [0.15, 0.2) is 46.5 Å². The lowest BCUT2D eigenvalue weighted by Gasteiger charge is -2.22. The molecule has 3 aromatic rings. The number of phenolic OH excluding ortho intramolecular Hbond substituents is 2. The lowest BCUT2D eigenvalue weighted by molar-refractivity contribution is -0.130. The van der Waals surface area contributed by atoms with Crippen LogP contribution in [0.15, 0.2) is 58.5 Å². The molecule has 1 heterocycles. The van der Waals surface area contributed by atoms with Gasteiger partial charge in [0.2, 0.25) is 11.8 Å². The lowest BCUT2D eigenvalue weighted by Crippen LogP contribution is -2.44. The van der Waals surface area contributed by atoms with Crippen LogP contribution in [0.1, 0.15) is 123 Å². The molecular weight excluding hydrogens is 1170 g/mol. The molecule has 29 heteroatoms. The van der Waals surface area contributed by atoms with E-state index >= 15 is 0 Å². The van der Waals surface area contributed by atoms with Crippen LogP contribution in [0.3, 0.4) is 0 Å². The zero-order chi connectivity index (χ0) is 66.3. The lowest BCUT2D eigenvalue weighted by atomic mass is 9.90. The summed E-state index contributed by atoms with van der Waals surface area (Å²) in [4.78, 5) is 96.2. The first kappa shape index (κ1) is 78.5. The van der Waals surface area contributed by atoms with Crippen LogP contribution < -0.4 is 61.8 Å². The highest BCUT2D eigenvalue weighted by molar-refractivity contribution is 6.04. The molecule has 0 aliphatic rings. The number of nitrogens with one attached hydrogen (secondary N) is 3. The molecule has 0 spiro atoms. The van der Waals surface area contributed by atoms with Crippen molar-refractivity contribution < 1.29 is 67.4 Å². The number of nitrogen functional groups attached to an aromatic ring is 2. The van der Waals surface area contributed by atoms with Crippen LogP contribution in [0.5, 0.6) is 11.5 Å². The van der Waals surface area contributed by atoms with E-state index in [1.54, 1.807) is 38.1 Å². The normalized spacial score (nSPS) is 12.3. The first-order valence-corrected chi connectivity index (χ1v) is 30.6. The van der Waals surface area contributed by atoms with Gasteiger partial charge in [0.05, 0.1) is 58.9 Å². The maximum Gasteiger partial charge on any atom is 0.274 e. The number of anilines is 2. The van der Waals surface area contributed by atoms with E-state index in [-0.39, 0.29) is 92.6 Å². The van der Waals surface area contributed by atoms with Crippen LogP contribution in [-0.2, 0) is 60.4 Å². The Bertz CT molecular complexity index is 2590. The number of carbonyl (C=O) groups excluding carboxylic acids is 6. The van der Waals surface area contributed by atoms with Gasteiger partial charge in [0, 0.05) is 83.2 Å². The van der Waals surface area contributed by atoms with Crippen LogP contribution in [-0.4, -0.2) is 191 Å². The fourth-order valence-corrected chi connectivity index (χ4v) is 8.53. The average molecular weight is 1270 g/mol. The van der Waals surface area contributed by atoms with E-state index in [9.17, 15) is 39.0 Å². The summed E-state index contributed by atoms with van der Waals surface area (Å²) in [5.41, 5.74) is 45.6. The number of aromatic hydroxyl groups is 2. The molecule has 0 saturated heterocycles. The molecule has 0 radical (unpaired) electrons. The number of amides is 3. The molecule has 3 rings (SSSR count). The van der Waals surface area contributed by atoms with Crippen molar-refractivity contribution in [3.63, 3.8) is 0 Å². The summed E-state index contributed by atoms with van der Waals surface area (Å²) < 4.78 is 32.5. The third-order valence-electron chi connectivity index (χ3n) is 13.3. The number of benzene rings is 2. The van der Waals surface area contributed by atoms with Crippen molar-refractivity contribution in [3.05, 3.63) is 71.0 Å². The average Bonchev–Trinajstić information content (AvgIpc) is 1.44. The second-order valence-corrected chi connectivity index (χ2v) is 21.2. The first-order valence-electron chi connectivity index (χ1n) is 30.6. The van der Waals surface area contributed by atoms with Gasteiger partial charge in [0.25, 0.3) is 5.91 Å². The minimum atomic E-state index is -1.20. The number of hydrogen-bond acceptors (Lipinski definition) is 22. The predicted octanol–water partition coefficient (Wildman–Crippen LogP) is 1.06. The second kappa shape index (κ2) is 48.2. The predicted molar refractivity (Wildman–Crippen MR) is 343 cm³/mol. The van der Waals surface area contributed by atoms with E-state index in [1.165, 1.54) is 24.3 Å². The molecule has 0 saturated carbocycles. The van der Waals surface area contributed by atoms with Crippen LogP contribution in [0, 0.1) is 11.8 Å². The molecule has 29 nitrogen and oxygen atoms in total. The van der Waals surface area contributed by atoms with Crippen molar-refractivity contribution in [2.24, 2.45) is 56.2 Å². The van der Waals surface area contributed by atoms with Crippen molar-refractivity contribution in [3.8, 4) is 11.5 Å². The van der Waals surface area contributed by atoms with Crippen molar-refractivity contribution >= 4 is 58.6 Å². The largest absolute Gasteiger partial charge is 0.508 e. The zero-order valence-electron chi connectivity index (χ0n) is 52.5. The van der Waals surface area contributed by atoms with Gasteiger partial charge in [-0.3, -0.25) is 34.0 Å². The van der Waals surface area contributed by atoms with Gasteiger partial charge >= 0.3 is 0 Å². The summed E-state index contributed by atoms with van der Waals surface area (Å²) in [6.07, 6.45) is 5.60. The minimum Gasteiger partial charge on any atom is -0.508 e. The van der Waals surface area contributed by atoms with Crippen molar-refractivity contribution in [2.45, 2.75) is 116 Å². The molecule has 3 amide bonds. The molecule has 0 aliphatic heterocycles. The summed E-state index contributed by atoms with van der Waals surface area (Å²) in [6.45, 7) is 11.7. The number of hydrogen-bond donors (Lipinski definition) is 13. The highest BCUT2D eigenvalue weighted by atomic mass is 16.5. The van der Waals surface area contributed by atoms with E-state index in [1.807, 2.05) is 0 Å². The second-order valence-electron chi connectivity index (χ2n) is 21.2. The number of Topliss-reactive ketones (excluding diaryl/α,β-unsaturated/α-hetero) is 3. The number of ether oxygens (including phenoxy) is 6. The number of unbranched alkanes of at least 4 members (excludes halogenated alkanes) is 1. The summed E-state index contributed by atoms with van der Waals surface area (Å²) in [6, 6.07) is 10.9. The topological polar surface area (TPSA) is 493 Å². The number of nitrogens with two attached hydrogens (primary N) is 8. The molecule has 504 valence electrons. The number of nitrogens with zero attached hydrogens (tertiary/aromatic N) is 4. The molecular formula is C61H101N15O14. The maximum atomic E-state index is 14.2. The Morgan fingerprint density at radius 3 is 1.44 bits per heavy atom. The van der Waals surface area contributed by atoms with Crippen molar-refractivity contribution in [1.82, 2.24) is 25.9 Å². The van der Waals surface area contributed by atoms with Gasteiger partial charge in [-0.05, 0) is 133 Å². The van der Waals surface area contributed by atoms with Crippen LogP contribution in [0.4, 0.5) is 11.6 Å². The molecule has 0 aliphatic carbocycles. The molecule has 2 aromatic carbocycles. The zero-order valence-corrected chi connectivity index (χ0v) is 52.5. The number of guanidine groups is 2. The maximum absolute atomic E-state index is 14.2. The monoisotopic (exact) mass is 1270 g/mol. The van der Waals surface area contributed by atoms with E-state index in [2.05, 4.69) is 35.9 Å². The SMILES string of the molecule is CC(=O)CCCCOCCOCCOCCCN.CC(CCCN=C(N)N)NC(=O)[C@@H](CC(=O)c1nc(N)c(C(=O)N[C@@H](CCCN=C(N)N)C(=O)CC(Cc2ccc(O)cc2)C(=O)NCCCOCCOCCOCCCN)nc1N)Cc1ccc(O)cc1. The Morgan fingerprint density at radius 2 is 0.967 bits per heavy atom. The quantitative estimate of drug-likeness (QED) is 0.0163. The van der Waals surface area contributed by atoms with Crippen molar-refractivity contribution in [1.29, 1.82) is 0 Å². The van der Waals surface area contributed by atoms with Crippen LogP contribution in [0.25, 0.3) is 0 Å². The smallest absolute Gasteiger partial charge is 0.274 e. The van der Waals surface area contributed by atoms with Gasteiger partial charge in [-0.1, -0.05) is 24.3 Å². The minimum absolute atomic E-state index is 0.0242. The Hall–Kier alpha value is -7.64. The highest BCUT2D eigenvalue weighted by Gasteiger charge is 2.31.